The predicted octanol–water partition coefficient (Wildman–Crippen LogP) is 4.73. The third-order valence-corrected chi connectivity index (χ3v) is 5.74. The van der Waals surface area contributed by atoms with Crippen LogP contribution in [0.5, 0.6) is 11.6 Å². The molecule has 0 spiro atoms. The zero-order valence-corrected chi connectivity index (χ0v) is 18.0. The number of aromatic nitrogens is 1. The first-order valence-electron chi connectivity index (χ1n) is 10.6. The van der Waals surface area contributed by atoms with Crippen LogP contribution in [0.3, 0.4) is 0 Å². The molecule has 1 aromatic heterocycles. The van der Waals surface area contributed by atoms with E-state index in [1.807, 2.05) is 30.3 Å². The van der Waals surface area contributed by atoms with Gasteiger partial charge in [0.05, 0.1) is 18.7 Å². The number of fused-ring (bicyclic) bond motifs is 2. The molecule has 34 heavy (non-hydrogen) atoms. The molecule has 0 aliphatic carbocycles. The molecule has 1 aliphatic heterocycles. The van der Waals surface area contributed by atoms with Gasteiger partial charge < -0.3 is 24.5 Å². The molecule has 5 rings (SSSR count). The van der Waals surface area contributed by atoms with Crippen LogP contribution in [-0.2, 0) is 24.4 Å². The van der Waals surface area contributed by atoms with Gasteiger partial charge in [-0.3, -0.25) is 4.79 Å². The number of nitroso groups, excluding NO2 is 1. The summed E-state index contributed by atoms with van der Waals surface area (Å²) in [6.45, 7) is 0.565. The smallest absolute Gasteiger partial charge is 0.251 e. The first-order valence-corrected chi connectivity index (χ1v) is 10.6. The lowest BCUT2D eigenvalue weighted by Gasteiger charge is -2.21. The van der Waals surface area contributed by atoms with Crippen molar-refractivity contribution < 1.29 is 23.8 Å². The van der Waals surface area contributed by atoms with Crippen LogP contribution < -0.4 is 10.1 Å². The van der Waals surface area contributed by atoms with Gasteiger partial charge in [-0.1, -0.05) is 30.3 Å². The Kier molecular flexibility index (Phi) is 5.69. The Labute approximate surface area is 193 Å². The van der Waals surface area contributed by atoms with Crippen molar-refractivity contribution in [1.82, 2.24) is 9.88 Å². The molecule has 0 saturated heterocycles. The molecule has 1 aliphatic rings. The normalized spacial score (nSPS) is 12.7. The molecule has 0 atom stereocenters. The van der Waals surface area contributed by atoms with Crippen molar-refractivity contribution in [2.75, 3.05) is 6.79 Å². The number of nitrogens with zero attached hydrogens (tertiary/aromatic N) is 2. The number of carbonyl (C=O) groups excluding carboxylic acids is 1. The molecule has 0 fully saturated rings. The maximum absolute atomic E-state index is 14.2. The van der Waals surface area contributed by atoms with Crippen molar-refractivity contribution in [3.8, 4) is 11.6 Å². The van der Waals surface area contributed by atoms with Crippen LogP contribution in [0.2, 0.25) is 0 Å². The molecule has 0 saturated carbocycles. The molecule has 0 unspecified atom stereocenters. The van der Waals surface area contributed by atoms with E-state index in [4.69, 9.17) is 9.47 Å². The lowest BCUT2D eigenvalue weighted by molar-refractivity contribution is -0.0173. The minimum absolute atomic E-state index is 0.00691. The standard InChI is InChI=1S/C25H20FN3O5/c26-19-8-17(23-18(9-19)13-33-14-34-23)12-29-21-10-16(6-7-20(21)22(28-32)25(29)31)24(30)27-11-15-4-2-1-3-5-15/h1-10,31H,11-14H2,(H,27,30). The first-order chi connectivity index (χ1) is 16.5. The maximum atomic E-state index is 14.2. The number of nitrogens with one attached hydrogen (secondary N) is 1. The molecular formula is C25H20FN3O5. The van der Waals surface area contributed by atoms with Crippen molar-refractivity contribution in [1.29, 1.82) is 0 Å². The van der Waals surface area contributed by atoms with E-state index in [-0.39, 0.29) is 37.4 Å². The molecule has 2 heterocycles. The Balaban J connectivity index is 1.52. The van der Waals surface area contributed by atoms with Gasteiger partial charge >= 0.3 is 0 Å². The SMILES string of the molecule is O=Nc1c(O)n(Cc2cc(F)cc3c2OCOC3)c2cc(C(=O)NCc3ccccc3)ccc12. The highest BCUT2D eigenvalue weighted by molar-refractivity contribution is 6.02. The fourth-order valence-electron chi connectivity index (χ4n) is 4.13. The minimum Gasteiger partial charge on any atom is -0.493 e. The second-order valence-corrected chi connectivity index (χ2v) is 7.91. The van der Waals surface area contributed by atoms with Crippen LogP contribution in [0.15, 0.2) is 65.8 Å². The average molecular weight is 461 g/mol. The van der Waals surface area contributed by atoms with Crippen LogP contribution in [0.1, 0.15) is 27.0 Å². The van der Waals surface area contributed by atoms with Gasteiger partial charge in [-0.05, 0) is 41.1 Å². The van der Waals surface area contributed by atoms with Crippen molar-refractivity contribution in [3.63, 3.8) is 0 Å². The number of amides is 1. The highest BCUT2D eigenvalue weighted by atomic mass is 19.1. The van der Waals surface area contributed by atoms with E-state index in [9.17, 15) is 19.2 Å². The number of aromatic hydroxyl groups is 1. The summed E-state index contributed by atoms with van der Waals surface area (Å²) in [7, 11) is 0. The summed E-state index contributed by atoms with van der Waals surface area (Å²) >= 11 is 0. The zero-order valence-electron chi connectivity index (χ0n) is 18.0. The van der Waals surface area contributed by atoms with E-state index in [2.05, 4.69) is 10.5 Å². The van der Waals surface area contributed by atoms with Gasteiger partial charge in [-0.25, -0.2) is 4.39 Å². The molecule has 172 valence electrons. The summed E-state index contributed by atoms with van der Waals surface area (Å²) in [6, 6.07) is 16.8. The van der Waals surface area contributed by atoms with Gasteiger partial charge in [0.1, 0.15) is 11.6 Å². The Morgan fingerprint density at radius 3 is 2.76 bits per heavy atom. The van der Waals surface area contributed by atoms with Crippen molar-refractivity contribution >= 4 is 22.5 Å². The third-order valence-electron chi connectivity index (χ3n) is 5.74. The number of hydrogen-bond donors (Lipinski definition) is 2. The monoisotopic (exact) mass is 461 g/mol. The second kappa shape index (κ2) is 8.95. The number of hydrogen-bond acceptors (Lipinski definition) is 6. The lowest BCUT2D eigenvalue weighted by atomic mass is 10.1. The van der Waals surface area contributed by atoms with Crippen LogP contribution >= 0.6 is 0 Å². The zero-order chi connectivity index (χ0) is 23.7. The number of rotatable bonds is 6. The summed E-state index contributed by atoms with van der Waals surface area (Å²) in [5.74, 6) is -0.709. The van der Waals surface area contributed by atoms with Crippen LogP contribution in [0.4, 0.5) is 10.1 Å². The number of ether oxygens (including phenoxy) is 2. The Morgan fingerprint density at radius 2 is 1.97 bits per heavy atom. The summed E-state index contributed by atoms with van der Waals surface area (Å²) in [5, 5.41) is 16.9. The predicted molar refractivity (Wildman–Crippen MR) is 122 cm³/mol. The summed E-state index contributed by atoms with van der Waals surface area (Å²) in [6.07, 6.45) is 0. The van der Waals surface area contributed by atoms with Gasteiger partial charge in [0.2, 0.25) is 5.88 Å². The highest BCUT2D eigenvalue weighted by Gasteiger charge is 2.23. The van der Waals surface area contributed by atoms with Gasteiger partial charge in [0, 0.05) is 28.6 Å². The molecule has 0 bridgehead atoms. The maximum Gasteiger partial charge on any atom is 0.251 e. The summed E-state index contributed by atoms with van der Waals surface area (Å²) in [4.78, 5) is 24.2. The van der Waals surface area contributed by atoms with E-state index < -0.39 is 5.82 Å². The van der Waals surface area contributed by atoms with E-state index in [1.165, 1.54) is 16.7 Å². The number of halogens is 1. The third kappa shape index (κ3) is 3.97. The summed E-state index contributed by atoms with van der Waals surface area (Å²) in [5.41, 5.74) is 2.55. The Bertz CT molecular complexity index is 1400. The van der Waals surface area contributed by atoms with Gasteiger partial charge in [0.25, 0.3) is 5.91 Å². The van der Waals surface area contributed by atoms with Gasteiger partial charge in [-0.15, -0.1) is 4.91 Å². The molecule has 9 heteroatoms. The second-order valence-electron chi connectivity index (χ2n) is 7.91. The quantitative estimate of drug-likeness (QED) is 0.404. The molecule has 0 radical (unpaired) electrons. The highest BCUT2D eigenvalue weighted by Crippen LogP contribution is 2.40. The van der Waals surface area contributed by atoms with Crippen LogP contribution in [0, 0.1) is 10.7 Å². The van der Waals surface area contributed by atoms with Crippen LogP contribution in [-0.4, -0.2) is 22.4 Å². The topological polar surface area (TPSA) is 102 Å². The van der Waals surface area contributed by atoms with Crippen LogP contribution in [0.25, 0.3) is 10.9 Å². The van der Waals surface area contributed by atoms with E-state index in [1.54, 1.807) is 18.2 Å². The lowest BCUT2D eigenvalue weighted by Crippen LogP contribution is -2.22. The van der Waals surface area contributed by atoms with Crippen molar-refractivity contribution in [3.05, 3.63) is 93.6 Å². The first kappa shape index (κ1) is 21.6. The molecule has 2 N–H and O–H groups in total. The number of carbonyl (C=O) groups is 1. The van der Waals surface area contributed by atoms with E-state index >= 15 is 0 Å². The molecular weight excluding hydrogens is 441 g/mol. The van der Waals surface area contributed by atoms with Gasteiger partial charge in [0.15, 0.2) is 12.5 Å². The largest absolute Gasteiger partial charge is 0.493 e. The fraction of sp³-hybridized carbons (Fsp3) is 0.160. The van der Waals surface area contributed by atoms with E-state index in [0.29, 0.717) is 39.9 Å². The summed E-state index contributed by atoms with van der Waals surface area (Å²) < 4.78 is 26.4. The average Bonchev–Trinajstić information content (AvgIpc) is 3.12. The molecule has 8 nitrogen and oxygen atoms in total. The number of benzene rings is 3. The molecule has 3 aromatic carbocycles. The fourth-order valence-corrected chi connectivity index (χ4v) is 4.13. The Hall–Kier alpha value is -4.24. The minimum atomic E-state index is -0.478. The van der Waals surface area contributed by atoms with Crippen molar-refractivity contribution in [2.45, 2.75) is 19.7 Å². The Morgan fingerprint density at radius 1 is 1.15 bits per heavy atom. The van der Waals surface area contributed by atoms with E-state index in [0.717, 1.165) is 5.56 Å². The molecule has 4 aromatic rings. The van der Waals surface area contributed by atoms with Gasteiger partial charge in [-0.2, -0.15) is 0 Å². The molecule has 1 amide bonds. The van der Waals surface area contributed by atoms with Crippen molar-refractivity contribution in [2.24, 2.45) is 5.18 Å².